The molecule has 0 aliphatic carbocycles. The third kappa shape index (κ3) is 4.63. The summed E-state index contributed by atoms with van der Waals surface area (Å²) in [5.41, 5.74) is 1.74. The summed E-state index contributed by atoms with van der Waals surface area (Å²) in [5.74, 6) is 0.460. The van der Waals surface area contributed by atoms with Crippen LogP contribution in [0, 0.1) is 18.3 Å². The van der Waals surface area contributed by atoms with Crippen molar-refractivity contribution in [2.45, 2.75) is 19.2 Å². The zero-order valence-corrected chi connectivity index (χ0v) is 12.3. The Morgan fingerprint density at radius 2 is 1.95 bits per heavy atom. The maximum absolute atomic E-state index is 12.0. The molecule has 108 valence electrons. The van der Waals surface area contributed by atoms with Crippen molar-refractivity contribution in [3.05, 3.63) is 59.2 Å². The molecule has 21 heavy (non-hydrogen) atoms. The molecular weight excluding hydrogens is 288 g/mol. The van der Waals surface area contributed by atoms with Gasteiger partial charge in [0.2, 0.25) is 10.0 Å². The highest BCUT2D eigenvalue weighted by Crippen LogP contribution is 2.07. The molecule has 0 atom stereocenters. The van der Waals surface area contributed by atoms with E-state index in [-0.39, 0.29) is 12.3 Å². The second-order valence-electron chi connectivity index (χ2n) is 4.48. The van der Waals surface area contributed by atoms with Crippen molar-refractivity contribution in [3.63, 3.8) is 0 Å². The van der Waals surface area contributed by atoms with Crippen LogP contribution in [0.2, 0.25) is 0 Å². The van der Waals surface area contributed by atoms with E-state index in [1.54, 1.807) is 43.5 Å². The Morgan fingerprint density at radius 3 is 2.57 bits per heavy atom. The van der Waals surface area contributed by atoms with Gasteiger partial charge >= 0.3 is 0 Å². The summed E-state index contributed by atoms with van der Waals surface area (Å²) in [6, 6.07) is 10.1. The highest BCUT2D eigenvalue weighted by atomic mass is 32.2. The van der Waals surface area contributed by atoms with Crippen LogP contribution in [0.3, 0.4) is 0 Å². The van der Waals surface area contributed by atoms with Crippen molar-refractivity contribution in [1.29, 1.82) is 5.26 Å². The number of benzene rings is 1. The Balaban J connectivity index is 2.00. The molecule has 1 aromatic heterocycles. The number of sulfonamides is 1. The summed E-state index contributed by atoms with van der Waals surface area (Å²) in [6.07, 6.45) is 1.59. The van der Waals surface area contributed by atoms with E-state index in [1.807, 2.05) is 6.07 Å². The number of hydrogen-bond acceptors (Lipinski definition) is 5. The quantitative estimate of drug-likeness (QED) is 0.897. The number of nitrogens with zero attached hydrogens (tertiary/aromatic N) is 3. The monoisotopic (exact) mass is 302 g/mol. The number of rotatable bonds is 5. The van der Waals surface area contributed by atoms with Gasteiger partial charge in [-0.1, -0.05) is 12.1 Å². The first-order valence-corrected chi connectivity index (χ1v) is 7.89. The van der Waals surface area contributed by atoms with Crippen LogP contribution in [-0.2, 0) is 22.3 Å². The Kier molecular flexibility index (Phi) is 4.62. The lowest BCUT2D eigenvalue weighted by molar-refractivity contribution is 0.579. The average Bonchev–Trinajstić information content (AvgIpc) is 2.46. The zero-order valence-electron chi connectivity index (χ0n) is 11.4. The summed E-state index contributed by atoms with van der Waals surface area (Å²) in [5, 5.41) is 8.70. The number of aryl methyl sites for hydroxylation is 1. The van der Waals surface area contributed by atoms with Gasteiger partial charge in [0.1, 0.15) is 5.82 Å². The molecule has 0 unspecified atom stereocenters. The van der Waals surface area contributed by atoms with E-state index in [0.29, 0.717) is 22.6 Å². The van der Waals surface area contributed by atoms with E-state index in [0.717, 1.165) is 0 Å². The highest BCUT2D eigenvalue weighted by molar-refractivity contribution is 7.88. The zero-order chi connectivity index (χ0) is 15.3. The topological polar surface area (TPSA) is 95.7 Å². The second kappa shape index (κ2) is 6.43. The Hall–Kier alpha value is -2.30. The molecule has 0 saturated carbocycles. The lowest BCUT2D eigenvalue weighted by atomic mass is 10.2. The number of aromatic nitrogens is 2. The van der Waals surface area contributed by atoms with Crippen molar-refractivity contribution in [2.75, 3.05) is 0 Å². The summed E-state index contributed by atoms with van der Waals surface area (Å²) in [4.78, 5) is 8.09. The molecular formula is C14H14N4O2S. The smallest absolute Gasteiger partial charge is 0.216 e. The average molecular weight is 302 g/mol. The van der Waals surface area contributed by atoms with Crippen LogP contribution < -0.4 is 4.72 Å². The number of hydrogen-bond donors (Lipinski definition) is 1. The van der Waals surface area contributed by atoms with Crippen molar-refractivity contribution in [3.8, 4) is 6.07 Å². The molecule has 2 rings (SSSR count). The molecule has 0 bridgehead atoms. The minimum Gasteiger partial charge on any atom is -0.242 e. The Morgan fingerprint density at radius 1 is 1.24 bits per heavy atom. The SMILES string of the molecule is Cc1nccc(CNS(=O)(=O)Cc2ccc(C#N)cc2)n1. The van der Waals surface area contributed by atoms with Gasteiger partial charge in [-0.05, 0) is 30.7 Å². The summed E-state index contributed by atoms with van der Waals surface area (Å²) in [7, 11) is -3.46. The van der Waals surface area contributed by atoms with E-state index < -0.39 is 10.0 Å². The molecule has 7 heteroatoms. The normalized spacial score (nSPS) is 11.0. The van der Waals surface area contributed by atoms with Gasteiger partial charge in [0.25, 0.3) is 0 Å². The summed E-state index contributed by atoms with van der Waals surface area (Å²) >= 11 is 0. The molecule has 1 aromatic carbocycles. The maximum atomic E-state index is 12.0. The minimum absolute atomic E-state index is 0.127. The van der Waals surface area contributed by atoms with Gasteiger partial charge in [0.15, 0.2) is 0 Å². The molecule has 0 spiro atoms. The molecule has 1 N–H and O–H groups in total. The lowest BCUT2D eigenvalue weighted by Gasteiger charge is -2.07. The van der Waals surface area contributed by atoms with Crippen LogP contribution in [-0.4, -0.2) is 18.4 Å². The highest BCUT2D eigenvalue weighted by Gasteiger charge is 2.11. The molecule has 0 aliphatic heterocycles. The molecule has 0 amide bonds. The third-order valence-electron chi connectivity index (χ3n) is 2.75. The standard InChI is InChI=1S/C14H14N4O2S/c1-11-16-7-6-14(18-11)9-17-21(19,20)10-13-4-2-12(8-15)3-5-13/h2-7,17H,9-10H2,1H3. The van der Waals surface area contributed by atoms with Gasteiger partial charge in [-0.25, -0.2) is 23.1 Å². The van der Waals surface area contributed by atoms with Gasteiger partial charge in [-0.3, -0.25) is 0 Å². The molecule has 6 nitrogen and oxygen atoms in total. The van der Waals surface area contributed by atoms with Crippen LogP contribution in [0.25, 0.3) is 0 Å². The maximum Gasteiger partial charge on any atom is 0.216 e. The Labute approximate surface area is 123 Å². The van der Waals surface area contributed by atoms with Crippen LogP contribution in [0.15, 0.2) is 36.5 Å². The van der Waals surface area contributed by atoms with Crippen molar-refractivity contribution in [2.24, 2.45) is 0 Å². The molecule has 2 aromatic rings. The summed E-state index contributed by atoms with van der Waals surface area (Å²) < 4.78 is 26.5. The largest absolute Gasteiger partial charge is 0.242 e. The van der Waals surface area contributed by atoms with Gasteiger partial charge in [-0.15, -0.1) is 0 Å². The first-order chi connectivity index (χ1) is 9.98. The van der Waals surface area contributed by atoms with E-state index in [2.05, 4.69) is 14.7 Å². The fraction of sp³-hybridized carbons (Fsp3) is 0.214. The molecule has 0 radical (unpaired) electrons. The van der Waals surface area contributed by atoms with Crippen molar-refractivity contribution >= 4 is 10.0 Å². The summed E-state index contributed by atoms with van der Waals surface area (Å²) in [6.45, 7) is 1.87. The fourth-order valence-electron chi connectivity index (χ4n) is 1.73. The fourth-order valence-corrected chi connectivity index (χ4v) is 2.83. The van der Waals surface area contributed by atoms with Gasteiger partial charge in [-0.2, -0.15) is 5.26 Å². The van der Waals surface area contributed by atoms with Gasteiger partial charge in [0, 0.05) is 6.20 Å². The second-order valence-corrected chi connectivity index (χ2v) is 6.29. The van der Waals surface area contributed by atoms with E-state index in [4.69, 9.17) is 5.26 Å². The van der Waals surface area contributed by atoms with Crippen LogP contribution >= 0.6 is 0 Å². The van der Waals surface area contributed by atoms with Crippen molar-refractivity contribution in [1.82, 2.24) is 14.7 Å². The van der Waals surface area contributed by atoms with Gasteiger partial charge in [0.05, 0.1) is 29.6 Å². The van der Waals surface area contributed by atoms with Crippen LogP contribution in [0.5, 0.6) is 0 Å². The molecule has 1 heterocycles. The van der Waals surface area contributed by atoms with Gasteiger partial charge < -0.3 is 0 Å². The lowest BCUT2D eigenvalue weighted by Crippen LogP contribution is -2.25. The minimum atomic E-state index is -3.46. The molecule has 0 aliphatic rings. The predicted molar refractivity (Wildman–Crippen MR) is 77.4 cm³/mol. The third-order valence-corrected chi connectivity index (χ3v) is 4.04. The number of nitrogens with one attached hydrogen (secondary N) is 1. The van der Waals surface area contributed by atoms with Crippen LogP contribution in [0.1, 0.15) is 22.6 Å². The Bertz CT molecular complexity index is 764. The predicted octanol–water partition coefficient (Wildman–Crippen LogP) is 1.28. The number of nitriles is 1. The molecule has 0 saturated heterocycles. The van der Waals surface area contributed by atoms with Crippen LogP contribution in [0.4, 0.5) is 0 Å². The first-order valence-electron chi connectivity index (χ1n) is 6.23. The van der Waals surface area contributed by atoms with E-state index in [9.17, 15) is 8.42 Å². The van der Waals surface area contributed by atoms with E-state index >= 15 is 0 Å². The first kappa shape index (κ1) is 15.1. The van der Waals surface area contributed by atoms with Crippen molar-refractivity contribution < 1.29 is 8.42 Å². The van der Waals surface area contributed by atoms with E-state index in [1.165, 1.54) is 0 Å². The molecule has 0 fully saturated rings.